The van der Waals surface area contributed by atoms with Crippen molar-refractivity contribution in [1.82, 2.24) is 16.0 Å². The molecule has 4 aliphatic rings. The lowest BCUT2D eigenvalue weighted by Crippen LogP contribution is -2.25. The van der Waals surface area contributed by atoms with Crippen LogP contribution in [-0.4, -0.2) is 64.9 Å². The van der Waals surface area contributed by atoms with E-state index in [-0.39, 0.29) is 12.7 Å². The van der Waals surface area contributed by atoms with Crippen LogP contribution in [0.15, 0.2) is 121 Å². The first-order valence-corrected chi connectivity index (χ1v) is 26.8. The highest BCUT2D eigenvalue weighted by Crippen LogP contribution is 2.23. The quantitative estimate of drug-likeness (QED) is 0.136. The number of alkyl carbamates (subject to hydrolysis) is 2. The molecule has 0 saturated heterocycles. The lowest BCUT2D eigenvalue weighted by Gasteiger charge is -2.11. The molecule has 2 amide bonds. The number of amides is 2. The second kappa shape index (κ2) is 34.7. The molecule has 5 aromatic carbocycles. The average Bonchev–Trinajstić information content (AvgIpc) is 3.41. The molecule has 13 heteroatoms. The SMILES string of the molecule is O=C1NCCCCCCOc2cccc(c2)OCc2ccc(cc2)COc2cccc(c2)OCCCCCCNC(=O)OCc2ccc(cc2)OCCCCCCNCc2ccc(cc2)OCCCCCCO1. The molecule has 3 N–H and O–H groups in total. The normalized spacial score (nSPS) is 17.4. The molecular weight excluding hydrogens is 923 g/mol. The van der Waals surface area contributed by atoms with Gasteiger partial charge in [0.05, 0.1) is 33.0 Å². The Morgan fingerprint density at radius 3 is 1.07 bits per heavy atom. The highest BCUT2D eigenvalue weighted by Gasteiger charge is 2.07. The van der Waals surface area contributed by atoms with E-state index < -0.39 is 6.09 Å². The third kappa shape index (κ3) is 24.6. The van der Waals surface area contributed by atoms with Crippen LogP contribution >= 0.6 is 0 Å². The summed E-state index contributed by atoms with van der Waals surface area (Å²) in [6.45, 7) is 7.06. The lowest BCUT2D eigenvalue weighted by atomic mass is 10.1. The predicted octanol–water partition coefficient (Wildman–Crippen LogP) is 13.1. The van der Waals surface area contributed by atoms with Gasteiger partial charge in [0, 0.05) is 31.8 Å². The molecule has 0 aliphatic carbocycles. The number of nitrogens with one attached hydrogen (secondary N) is 3. The summed E-state index contributed by atoms with van der Waals surface area (Å²) in [5.41, 5.74) is 4.27. The fraction of sp³-hybridized carbons (Fsp3) is 0.467. The summed E-state index contributed by atoms with van der Waals surface area (Å²) in [6.07, 6.45) is 15.0. The zero-order chi connectivity index (χ0) is 50.6. The summed E-state index contributed by atoms with van der Waals surface area (Å²) < 4.78 is 46.9. The van der Waals surface area contributed by atoms with Gasteiger partial charge in [-0.2, -0.15) is 0 Å². The Labute approximate surface area is 433 Å². The monoisotopic (exact) mass is 1000 g/mol. The van der Waals surface area contributed by atoms with E-state index in [1.165, 1.54) is 5.56 Å². The summed E-state index contributed by atoms with van der Waals surface area (Å²) in [7, 11) is 0. The summed E-state index contributed by atoms with van der Waals surface area (Å²) >= 11 is 0. The number of benzene rings is 5. The Bertz CT molecular complexity index is 2260. The maximum absolute atomic E-state index is 12.3. The van der Waals surface area contributed by atoms with Crippen LogP contribution in [0.2, 0.25) is 0 Å². The largest absolute Gasteiger partial charge is 0.494 e. The van der Waals surface area contributed by atoms with Crippen LogP contribution in [0.3, 0.4) is 0 Å². The van der Waals surface area contributed by atoms with E-state index in [4.69, 9.17) is 37.9 Å². The molecule has 0 aromatic heterocycles. The molecule has 0 atom stereocenters. The van der Waals surface area contributed by atoms with E-state index in [1.807, 2.05) is 84.9 Å². The molecule has 13 nitrogen and oxygen atoms in total. The van der Waals surface area contributed by atoms with E-state index in [9.17, 15) is 9.59 Å². The van der Waals surface area contributed by atoms with Gasteiger partial charge < -0.3 is 53.8 Å². The van der Waals surface area contributed by atoms with Crippen molar-refractivity contribution in [2.75, 3.05) is 52.7 Å². The molecule has 0 unspecified atom stereocenters. The standard InChI is InChI=1S/C60H79N3O10/c64-59-62-36-10-2-5-13-40-68-55-19-17-21-57(43-55)71-46-50-23-25-51(26-24-50)47-72-58-22-18-20-56(44-58)69-41-14-6-3-11-37-63-60(65)73-48-52-29-33-54(34-30-52)67-38-12-4-1-9-35-61-45-49-27-31-53(32-28-49)66-39-15-7-8-16-42-70-59/h17-34,43-44,61H,1-16,35-42,45-48H2,(H,62,64)(H,63,65). The average molecular weight is 1000 g/mol. The van der Waals surface area contributed by atoms with Gasteiger partial charge in [-0.1, -0.05) is 99.2 Å². The number of rotatable bonds is 0. The van der Waals surface area contributed by atoms with Gasteiger partial charge in [0.1, 0.15) is 54.3 Å². The van der Waals surface area contributed by atoms with E-state index >= 15 is 0 Å². The lowest BCUT2D eigenvalue weighted by molar-refractivity contribution is 0.139. The molecule has 10 bridgehead atoms. The number of hydrogen-bond donors (Lipinski definition) is 3. The van der Waals surface area contributed by atoms with Crippen LogP contribution in [0.25, 0.3) is 0 Å². The smallest absolute Gasteiger partial charge is 0.407 e. The van der Waals surface area contributed by atoms with Gasteiger partial charge in [0.2, 0.25) is 0 Å². The molecule has 0 spiro atoms. The van der Waals surface area contributed by atoms with Crippen LogP contribution in [-0.2, 0) is 35.8 Å². The summed E-state index contributed by atoms with van der Waals surface area (Å²) in [5, 5.41) is 9.28. The van der Waals surface area contributed by atoms with Gasteiger partial charge in [-0.05, 0) is 142 Å². The van der Waals surface area contributed by atoms with Gasteiger partial charge >= 0.3 is 12.2 Å². The molecule has 0 fully saturated rings. The van der Waals surface area contributed by atoms with Crippen molar-refractivity contribution in [3.63, 3.8) is 0 Å². The van der Waals surface area contributed by atoms with Crippen molar-refractivity contribution in [2.45, 2.75) is 129 Å². The molecule has 394 valence electrons. The first-order chi connectivity index (χ1) is 36.0. The number of ether oxygens (including phenoxy) is 8. The van der Waals surface area contributed by atoms with Crippen LogP contribution in [0.1, 0.15) is 125 Å². The van der Waals surface area contributed by atoms with Crippen LogP contribution in [0.4, 0.5) is 9.59 Å². The Kier molecular flexibility index (Phi) is 26.5. The maximum Gasteiger partial charge on any atom is 0.407 e. The van der Waals surface area contributed by atoms with Crippen molar-refractivity contribution < 1.29 is 47.5 Å². The van der Waals surface area contributed by atoms with Gasteiger partial charge in [-0.3, -0.25) is 0 Å². The number of fused-ring (bicyclic) bond motifs is 3. The topological polar surface area (TPSA) is 144 Å². The Hall–Kier alpha value is -6.60. The minimum Gasteiger partial charge on any atom is -0.494 e. The van der Waals surface area contributed by atoms with E-state index in [1.54, 1.807) is 0 Å². The minimum absolute atomic E-state index is 0.210. The summed E-state index contributed by atoms with van der Waals surface area (Å²) in [5.74, 6) is 4.77. The second-order valence-corrected chi connectivity index (χ2v) is 18.4. The minimum atomic E-state index is -0.409. The Morgan fingerprint density at radius 1 is 0.288 bits per heavy atom. The van der Waals surface area contributed by atoms with Crippen LogP contribution < -0.4 is 44.4 Å². The van der Waals surface area contributed by atoms with Crippen molar-refractivity contribution >= 4 is 12.2 Å². The molecule has 0 radical (unpaired) electrons. The predicted molar refractivity (Wildman–Crippen MR) is 286 cm³/mol. The van der Waals surface area contributed by atoms with Crippen molar-refractivity contribution in [1.29, 1.82) is 0 Å². The first kappa shape index (κ1) is 55.7. The fourth-order valence-corrected chi connectivity index (χ4v) is 7.97. The first-order valence-electron chi connectivity index (χ1n) is 26.8. The van der Waals surface area contributed by atoms with E-state index in [2.05, 4.69) is 52.3 Å². The highest BCUT2D eigenvalue weighted by atomic mass is 16.6. The van der Waals surface area contributed by atoms with Gasteiger partial charge in [-0.15, -0.1) is 0 Å². The molecule has 0 saturated carbocycles. The summed E-state index contributed by atoms with van der Waals surface area (Å²) in [4.78, 5) is 24.4. The van der Waals surface area contributed by atoms with E-state index in [0.29, 0.717) is 59.3 Å². The fourth-order valence-electron chi connectivity index (χ4n) is 7.97. The second-order valence-electron chi connectivity index (χ2n) is 18.4. The van der Waals surface area contributed by atoms with Crippen LogP contribution in [0.5, 0.6) is 34.5 Å². The van der Waals surface area contributed by atoms with Gasteiger partial charge in [-0.25, -0.2) is 9.59 Å². The summed E-state index contributed by atoms with van der Waals surface area (Å²) in [6, 6.07) is 39.8. The Morgan fingerprint density at radius 2 is 0.616 bits per heavy atom. The van der Waals surface area contributed by atoms with Gasteiger partial charge in [0.25, 0.3) is 0 Å². The van der Waals surface area contributed by atoms with Crippen molar-refractivity contribution in [3.8, 4) is 34.5 Å². The maximum atomic E-state index is 12.3. The Balaban J connectivity index is 0.870. The molecular formula is C60H79N3O10. The zero-order valence-electron chi connectivity index (χ0n) is 42.9. The molecule has 73 heavy (non-hydrogen) atoms. The third-order valence-electron chi connectivity index (χ3n) is 12.3. The zero-order valence-corrected chi connectivity index (χ0v) is 42.9. The highest BCUT2D eigenvalue weighted by molar-refractivity contribution is 5.67. The number of carbonyl (C=O) groups excluding carboxylic acids is 2. The van der Waals surface area contributed by atoms with Crippen molar-refractivity contribution in [2.24, 2.45) is 0 Å². The third-order valence-corrected chi connectivity index (χ3v) is 12.3. The number of hydrogen-bond acceptors (Lipinski definition) is 11. The van der Waals surface area contributed by atoms with Gasteiger partial charge in [0.15, 0.2) is 0 Å². The van der Waals surface area contributed by atoms with E-state index in [0.717, 1.165) is 167 Å². The van der Waals surface area contributed by atoms with Crippen molar-refractivity contribution in [3.05, 3.63) is 144 Å². The number of carbonyl (C=O) groups is 2. The molecule has 5 aromatic rings. The molecule has 9 rings (SSSR count). The molecule has 4 aliphatic heterocycles. The van der Waals surface area contributed by atoms with Crippen LogP contribution in [0, 0.1) is 0 Å². The molecule has 4 heterocycles.